The van der Waals surface area contributed by atoms with Crippen molar-refractivity contribution in [3.63, 3.8) is 0 Å². The molecule has 50 heavy (non-hydrogen) atoms. The molecule has 5 aromatic carbocycles. The summed E-state index contributed by atoms with van der Waals surface area (Å²) in [6.45, 7) is 7.13. The minimum atomic E-state index is -0.837. The Labute approximate surface area is 291 Å². The molecule has 0 aliphatic heterocycles. The lowest BCUT2D eigenvalue weighted by Gasteiger charge is -2.36. The molecule has 0 fully saturated rings. The van der Waals surface area contributed by atoms with Crippen molar-refractivity contribution in [1.82, 2.24) is 39.6 Å². The summed E-state index contributed by atoms with van der Waals surface area (Å²) < 4.78 is 6.20. The summed E-state index contributed by atoms with van der Waals surface area (Å²) in [5.74, 6) is 1.55. The van der Waals surface area contributed by atoms with E-state index >= 15 is 0 Å². The standard InChI is InChI=1S/C42H38N8/c1-4-36-30(3)48(50-40(36)43-39(5-2)45-50)29-31-25-27-32(28-26-31)37-23-15-16-24-38(37)41-44-46-47-49(41)42(33-17-9-6-10-18-33,34-19-11-7-12-20-34)35-21-13-8-14-22-35/h6-28H,4-5,29H2,1-3H3. The van der Waals surface area contributed by atoms with Crippen molar-refractivity contribution in [2.75, 3.05) is 0 Å². The van der Waals surface area contributed by atoms with Crippen molar-refractivity contribution < 1.29 is 0 Å². The van der Waals surface area contributed by atoms with E-state index < -0.39 is 5.54 Å². The minimum absolute atomic E-state index is 0.677. The number of fused-ring (bicyclic) bond motifs is 1. The first-order valence-corrected chi connectivity index (χ1v) is 17.2. The molecule has 0 aliphatic rings. The average Bonchev–Trinajstić information content (AvgIpc) is 3.89. The number of hydrogen-bond donors (Lipinski definition) is 0. The number of aryl methyl sites for hydroxylation is 2. The van der Waals surface area contributed by atoms with Crippen LogP contribution in [0.2, 0.25) is 0 Å². The van der Waals surface area contributed by atoms with Crippen molar-refractivity contribution in [1.29, 1.82) is 0 Å². The van der Waals surface area contributed by atoms with Crippen LogP contribution in [-0.2, 0) is 24.9 Å². The van der Waals surface area contributed by atoms with E-state index in [1.54, 1.807) is 0 Å². The van der Waals surface area contributed by atoms with E-state index in [9.17, 15) is 0 Å². The molecule has 0 saturated carbocycles. The molecule has 0 radical (unpaired) electrons. The molecular weight excluding hydrogens is 617 g/mol. The first-order valence-electron chi connectivity index (χ1n) is 17.2. The lowest BCUT2D eigenvalue weighted by molar-refractivity contribution is 0.451. The molecule has 0 atom stereocenters. The van der Waals surface area contributed by atoms with Gasteiger partial charge in [0, 0.05) is 23.2 Å². The normalized spacial score (nSPS) is 11.7. The quantitative estimate of drug-likeness (QED) is 0.139. The third kappa shape index (κ3) is 5.11. The first kappa shape index (κ1) is 31.1. The molecular formula is C42H38N8. The smallest absolute Gasteiger partial charge is 0.184 e. The van der Waals surface area contributed by atoms with Crippen molar-refractivity contribution >= 4 is 5.65 Å². The predicted octanol–water partition coefficient (Wildman–Crippen LogP) is 8.17. The maximum atomic E-state index is 4.81. The van der Waals surface area contributed by atoms with Gasteiger partial charge in [-0.3, -0.25) is 4.68 Å². The molecule has 8 heteroatoms. The second kappa shape index (κ2) is 13.0. The van der Waals surface area contributed by atoms with Gasteiger partial charge in [-0.25, -0.2) is 9.67 Å². The summed E-state index contributed by atoms with van der Waals surface area (Å²) in [7, 11) is 0. The summed E-state index contributed by atoms with van der Waals surface area (Å²) >= 11 is 0. The summed E-state index contributed by atoms with van der Waals surface area (Å²) in [5, 5.41) is 18.6. The average molecular weight is 655 g/mol. The van der Waals surface area contributed by atoms with Crippen molar-refractivity contribution in [2.24, 2.45) is 0 Å². The Balaban J connectivity index is 1.24. The van der Waals surface area contributed by atoms with Gasteiger partial charge in [0.15, 0.2) is 17.3 Å². The molecule has 0 bridgehead atoms. The van der Waals surface area contributed by atoms with Crippen LogP contribution in [-0.4, -0.2) is 39.6 Å². The van der Waals surface area contributed by atoms with Crippen molar-refractivity contribution in [3.05, 3.63) is 179 Å². The maximum Gasteiger partial charge on any atom is 0.184 e. The summed E-state index contributed by atoms with van der Waals surface area (Å²) in [6.07, 6.45) is 1.73. The van der Waals surface area contributed by atoms with Crippen LogP contribution < -0.4 is 0 Å². The van der Waals surface area contributed by atoms with Gasteiger partial charge in [0.1, 0.15) is 5.54 Å². The van der Waals surface area contributed by atoms with Crippen molar-refractivity contribution in [3.8, 4) is 22.5 Å². The summed E-state index contributed by atoms with van der Waals surface area (Å²) in [6, 6.07) is 48.7. The highest BCUT2D eigenvalue weighted by atomic mass is 15.6. The van der Waals surface area contributed by atoms with Crippen LogP contribution in [0.5, 0.6) is 0 Å². The second-order valence-electron chi connectivity index (χ2n) is 12.5. The fourth-order valence-electron chi connectivity index (χ4n) is 7.29. The number of tetrazole rings is 1. The molecule has 8 rings (SSSR count). The van der Waals surface area contributed by atoms with Gasteiger partial charge in [-0.2, -0.15) is 4.63 Å². The van der Waals surface area contributed by atoms with Gasteiger partial charge < -0.3 is 0 Å². The van der Waals surface area contributed by atoms with Crippen LogP contribution >= 0.6 is 0 Å². The fraction of sp³-hybridized carbons (Fsp3) is 0.167. The van der Waals surface area contributed by atoms with E-state index in [2.05, 4.69) is 152 Å². The maximum absolute atomic E-state index is 4.81. The van der Waals surface area contributed by atoms with Gasteiger partial charge >= 0.3 is 0 Å². The summed E-state index contributed by atoms with van der Waals surface area (Å²) in [5.41, 5.74) is 10.0. The van der Waals surface area contributed by atoms with Crippen molar-refractivity contribution in [2.45, 2.75) is 45.7 Å². The first-order chi connectivity index (χ1) is 24.6. The number of aromatic nitrogens is 8. The number of hydrogen-bond acceptors (Lipinski definition) is 5. The van der Waals surface area contributed by atoms with Crippen LogP contribution in [0.25, 0.3) is 28.2 Å². The minimum Gasteiger partial charge on any atom is -0.263 e. The van der Waals surface area contributed by atoms with E-state index in [0.717, 1.165) is 57.7 Å². The molecule has 0 N–H and O–H groups in total. The number of rotatable bonds is 10. The Kier molecular flexibility index (Phi) is 8.12. The van der Waals surface area contributed by atoms with E-state index in [1.165, 1.54) is 16.8 Å². The van der Waals surface area contributed by atoms with Gasteiger partial charge in [0.05, 0.1) is 6.54 Å². The molecule has 0 aliphatic carbocycles. The van der Waals surface area contributed by atoms with E-state index in [4.69, 9.17) is 20.4 Å². The van der Waals surface area contributed by atoms with Crippen LogP contribution in [0.15, 0.2) is 140 Å². The van der Waals surface area contributed by atoms with Crippen LogP contribution in [0, 0.1) is 6.92 Å². The van der Waals surface area contributed by atoms with Gasteiger partial charge in [-0.1, -0.05) is 153 Å². The molecule has 3 heterocycles. The highest BCUT2D eigenvalue weighted by Crippen LogP contribution is 2.43. The second-order valence-corrected chi connectivity index (χ2v) is 12.5. The molecule has 3 aromatic heterocycles. The highest BCUT2D eigenvalue weighted by Gasteiger charge is 2.42. The molecule has 8 aromatic rings. The largest absolute Gasteiger partial charge is 0.263 e. The molecule has 0 amide bonds. The molecule has 0 saturated heterocycles. The monoisotopic (exact) mass is 654 g/mol. The number of benzene rings is 5. The Morgan fingerprint density at radius 2 is 1.18 bits per heavy atom. The topological polar surface area (TPSA) is 78.7 Å². The van der Waals surface area contributed by atoms with Gasteiger partial charge in [-0.15, -0.1) is 10.2 Å². The molecule has 246 valence electrons. The Morgan fingerprint density at radius 3 is 1.74 bits per heavy atom. The lowest BCUT2D eigenvalue weighted by Crippen LogP contribution is -2.39. The fourth-order valence-corrected chi connectivity index (χ4v) is 7.29. The summed E-state index contributed by atoms with van der Waals surface area (Å²) in [4.78, 5) is 4.81. The SMILES string of the molecule is CCc1nc2c(CC)c(C)n(Cc3ccc(-c4ccccc4-c4nnnn4C(c4ccccc4)(c4ccccc4)c4ccccc4)cc3)n2n1. The zero-order chi connectivity index (χ0) is 34.1. The number of nitrogens with zero attached hydrogens (tertiary/aromatic N) is 8. The van der Waals surface area contributed by atoms with Crippen LogP contribution in [0.4, 0.5) is 0 Å². The third-order valence-electron chi connectivity index (χ3n) is 9.75. The van der Waals surface area contributed by atoms with E-state index in [0.29, 0.717) is 12.4 Å². The zero-order valence-electron chi connectivity index (χ0n) is 28.5. The van der Waals surface area contributed by atoms with Crippen LogP contribution in [0.1, 0.15) is 53.2 Å². The molecule has 8 nitrogen and oxygen atoms in total. The van der Waals surface area contributed by atoms with Gasteiger partial charge in [0.25, 0.3) is 0 Å². The predicted molar refractivity (Wildman–Crippen MR) is 197 cm³/mol. The van der Waals surface area contributed by atoms with E-state index in [1.807, 2.05) is 27.5 Å². The van der Waals surface area contributed by atoms with E-state index in [-0.39, 0.29) is 0 Å². The zero-order valence-corrected chi connectivity index (χ0v) is 28.5. The van der Waals surface area contributed by atoms with Gasteiger partial charge in [0.2, 0.25) is 0 Å². The lowest BCUT2D eigenvalue weighted by atomic mass is 9.77. The Bertz CT molecular complexity index is 2270. The van der Waals surface area contributed by atoms with Gasteiger partial charge in [-0.05, 0) is 57.2 Å². The third-order valence-corrected chi connectivity index (χ3v) is 9.75. The Hall–Kier alpha value is -6.15. The highest BCUT2D eigenvalue weighted by molar-refractivity contribution is 5.81. The molecule has 0 spiro atoms. The van der Waals surface area contributed by atoms with Crippen LogP contribution in [0.3, 0.4) is 0 Å². The Morgan fingerprint density at radius 1 is 0.620 bits per heavy atom. The molecule has 0 unspecified atom stereocenters.